The lowest BCUT2D eigenvalue weighted by Crippen LogP contribution is -2.39. The highest BCUT2D eigenvalue weighted by Gasteiger charge is 2.22. The molecule has 2 rings (SSSR count). The van der Waals surface area contributed by atoms with Gasteiger partial charge >= 0.3 is 12.0 Å². The number of halogens is 1. The number of carboxylic acids is 1. The van der Waals surface area contributed by atoms with Crippen molar-refractivity contribution in [2.45, 2.75) is 12.5 Å². The van der Waals surface area contributed by atoms with E-state index < -0.39 is 12.0 Å². The maximum absolute atomic E-state index is 11.7. The molecule has 1 fully saturated rings. The van der Waals surface area contributed by atoms with E-state index in [-0.39, 0.29) is 34.6 Å². The number of benzene rings is 1. The van der Waals surface area contributed by atoms with Crippen LogP contribution < -0.4 is 16.0 Å². The van der Waals surface area contributed by atoms with Crippen LogP contribution in [0, 0.1) is 0 Å². The van der Waals surface area contributed by atoms with Crippen LogP contribution in [-0.2, 0) is 4.79 Å². The van der Waals surface area contributed by atoms with Gasteiger partial charge in [0.15, 0.2) is 0 Å². The Hall–Kier alpha value is -2.28. The Bertz CT molecular complexity index is 576. The van der Waals surface area contributed by atoms with E-state index in [1.807, 2.05) is 0 Å². The zero-order valence-electron chi connectivity index (χ0n) is 10.3. The zero-order chi connectivity index (χ0) is 14.7. The minimum Gasteiger partial charge on any atom is -0.478 e. The van der Waals surface area contributed by atoms with E-state index in [2.05, 4.69) is 16.0 Å². The summed E-state index contributed by atoms with van der Waals surface area (Å²) in [6, 6.07) is 3.22. The Kier molecular flexibility index (Phi) is 4.09. The Morgan fingerprint density at radius 2 is 2.10 bits per heavy atom. The van der Waals surface area contributed by atoms with Gasteiger partial charge in [0.05, 0.1) is 11.6 Å². The van der Waals surface area contributed by atoms with Crippen LogP contribution in [0.2, 0.25) is 5.02 Å². The van der Waals surface area contributed by atoms with Gasteiger partial charge in [-0.3, -0.25) is 4.79 Å². The number of nitrogens with one attached hydrogen (secondary N) is 3. The van der Waals surface area contributed by atoms with E-state index in [0.717, 1.165) is 0 Å². The molecular weight excluding hydrogens is 286 g/mol. The smallest absolute Gasteiger partial charge is 0.335 e. The Balaban J connectivity index is 2.00. The number of hydrogen-bond acceptors (Lipinski definition) is 3. The van der Waals surface area contributed by atoms with Crippen LogP contribution in [-0.4, -0.2) is 35.6 Å². The molecule has 4 N–H and O–H groups in total. The van der Waals surface area contributed by atoms with Gasteiger partial charge in [0.25, 0.3) is 0 Å². The molecule has 0 aromatic heterocycles. The predicted molar refractivity (Wildman–Crippen MR) is 72.0 cm³/mol. The molecule has 1 aliphatic rings. The van der Waals surface area contributed by atoms with Gasteiger partial charge in [-0.2, -0.15) is 0 Å². The van der Waals surface area contributed by atoms with Crippen molar-refractivity contribution in [3.8, 4) is 0 Å². The number of amides is 3. The molecule has 1 heterocycles. The number of carboxylic acid groups (broad SMARTS) is 1. The van der Waals surface area contributed by atoms with E-state index in [4.69, 9.17) is 16.7 Å². The topological polar surface area (TPSA) is 108 Å². The minimum absolute atomic E-state index is 0.0227. The summed E-state index contributed by atoms with van der Waals surface area (Å²) in [6.45, 7) is 0.377. The lowest BCUT2D eigenvalue weighted by atomic mass is 10.2. The van der Waals surface area contributed by atoms with E-state index >= 15 is 0 Å². The second-order valence-corrected chi connectivity index (χ2v) is 4.77. The molecule has 1 aromatic carbocycles. The fourth-order valence-electron chi connectivity index (χ4n) is 1.85. The van der Waals surface area contributed by atoms with Gasteiger partial charge in [-0.25, -0.2) is 9.59 Å². The van der Waals surface area contributed by atoms with Crippen molar-refractivity contribution in [3.63, 3.8) is 0 Å². The van der Waals surface area contributed by atoms with Crippen LogP contribution in [0.4, 0.5) is 10.5 Å². The number of hydrogen-bond donors (Lipinski definition) is 4. The lowest BCUT2D eigenvalue weighted by molar-refractivity contribution is -0.119. The Morgan fingerprint density at radius 1 is 1.35 bits per heavy atom. The Morgan fingerprint density at radius 3 is 2.70 bits per heavy atom. The summed E-state index contributed by atoms with van der Waals surface area (Å²) in [4.78, 5) is 33.6. The average molecular weight is 298 g/mol. The fraction of sp³-hybridized carbons (Fsp3) is 0.250. The van der Waals surface area contributed by atoms with Crippen molar-refractivity contribution in [1.82, 2.24) is 10.6 Å². The minimum atomic E-state index is -1.14. The number of carbonyl (C=O) groups excluding carboxylic acids is 2. The molecule has 1 saturated heterocycles. The van der Waals surface area contributed by atoms with Crippen molar-refractivity contribution in [1.29, 1.82) is 0 Å². The van der Waals surface area contributed by atoms with E-state index in [1.54, 1.807) is 0 Å². The summed E-state index contributed by atoms with van der Waals surface area (Å²) in [5, 5.41) is 16.8. The normalized spacial score (nSPS) is 17.4. The highest BCUT2D eigenvalue weighted by atomic mass is 35.5. The number of rotatable bonds is 3. The van der Waals surface area contributed by atoms with Crippen molar-refractivity contribution < 1.29 is 19.5 Å². The maximum atomic E-state index is 11.7. The SMILES string of the molecule is O=C1CC(NC(=O)Nc2cc(Cl)cc(C(=O)O)c2)CN1. The monoisotopic (exact) mass is 297 g/mol. The van der Waals surface area contributed by atoms with Gasteiger partial charge in [0.1, 0.15) is 0 Å². The largest absolute Gasteiger partial charge is 0.478 e. The highest BCUT2D eigenvalue weighted by Crippen LogP contribution is 2.19. The molecule has 20 heavy (non-hydrogen) atoms. The summed E-state index contributed by atoms with van der Waals surface area (Å²) in [5.74, 6) is -1.26. The van der Waals surface area contributed by atoms with E-state index in [9.17, 15) is 14.4 Å². The first-order chi connectivity index (χ1) is 9.44. The molecule has 7 nitrogen and oxygen atoms in total. The number of carbonyl (C=O) groups is 3. The predicted octanol–water partition coefficient (Wildman–Crippen LogP) is 1.05. The third-order valence-corrected chi connectivity index (χ3v) is 2.93. The van der Waals surface area contributed by atoms with Gasteiger partial charge in [-0.15, -0.1) is 0 Å². The molecule has 1 atom stereocenters. The third kappa shape index (κ3) is 3.61. The van der Waals surface area contributed by atoms with E-state index in [0.29, 0.717) is 6.54 Å². The summed E-state index contributed by atoms with van der Waals surface area (Å²) < 4.78 is 0. The molecule has 0 bridgehead atoms. The molecule has 0 radical (unpaired) electrons. The van der Waals surface area contributed by atoms with Crippen molar-refractivity contribution >= 4 is 35.2 Å². The molecule has 106 valence electrons. The number of urea groups is 1. The van der Waals surface area contributed by atoms with Crippen LogP contribution >= 0.6 is 11.6 Å². The molecule has 1 unspecified atom stereocenters. The van der Waals surface area contributed by atoms with Crippen molar-refractivity contribution in [2.75, 3.05) is 11.9 Å². The second kappa shape index (κ2) is 5.79. The molecule has 3 amide bonds. The van der Waals surface area contributed by atoms with Crippen LogP contribution in [0.5, 0.6) is 0 Å². The molecule has 0 spiro atoms. The standard InChI is InChI=1S/C12H12ClN3O4/c13-7-1-6(11(18)19)2-8(3-7)15-12(20)16-9-4-10(17)14-5-9/h1-3,9H,4-5H2,(H,14,17)(H,18,19)(H2,15,16,20). The number of anilines is 1. The van der Waals surface area contributed by atoms with Gasteiger partial charge in [-0.05, 0) is 18.2 Å². The van der Waals surface area contributed by atoms with Crippen LogP contribution in [0.3, 0.4) is 0 Å². The lowest BCUT2D eigenvalue weighted by Gasteiger charge is -2.12. The van der Waals surface area contributed by atoms with Gasteiger partial charge < -0.3 is 21.1 Å². The summed E-state index contributed by atoms with van der Waals surface area (Å²) >= 11 is 5.78. The van der Waals surface area contributed by atoms with Crippen LogP contribution in [0.25, 0.3) is 0 Å². The van der Waals surface area contributed by atoms with Crippen molar-refractivity contribution in [2.24, 2.45) is 0 Å². The maximum Gasteiger partial charge on any atom is 0.335 e. The summed E-state index contributed by atoms with van der Waals surface area (Å²) in [7, 11) is 0. The summed E-state index contributed by atoms with van der Waals surface area (Å²) in [5.41, 5.74) is 0.246. The van der Waals surface area contributed by atoms with Crippen LogP contribution in [0.15, 0.2) is 18.2 Å². The van der Waals surface area contributed by atoms with Crippen molar-refractivity contribution in [3.05, 3.63) is 28.8 Å². The molecule has 1 aliphatic heterocycles. The molecular formula is C12H12ClN3O4. The average Bonchev–Trinajstić information content (AvgIpc) is 2.73. The molecule has 0 saturated carbocycles. The fourth-order valence-corrected chi connectivity index (χ4v) is 2.08. The Labute approximate surface area is 119 Å². The first-order valence-corrected chi connectivity index (χ1v) is 6.20. The zero-order valence-corrected chi connectivity index (χ0v) is 11.0. The highest BCUT2D eigenvalue weighted by molar-refractivity contribution is 6.31. The number of aromatic carboxylic acids is 1. The summed E-state index contributed by atoms with van der Waals surface area (Å²) in [6.07, 6.45) is 0.226. The second-order valence-electron chi connectivity index (χ2n) is 4.34. The van der Waals surface area contributed by atoms with Gasteiger partial charge in [0.2, 0.25) is 5.91 Å². The third-order valence-electron chi connectivity index (χ3n) is 2.72. The van der Waals surface area contributed by atoms with Gasteiger partial charge in [0, 0.05) is 23.7 Å². The molecule has 0 aliphatic carbocycles. The first-order valence-electron chi connectivity index (χ1n) is 5.82. The quantitative estimate of drug-likeness (QED) is 0.669. The molecule has 1 aromatic rings. The molecule has 8 heteroatoms. The van der Waals surface area contributed by atoms with E-state index in [1.165, 1.54) is 18.2 Å². The first kappa shape index (κ1) is 14.1. The van der Waals surface area contributed by atoms with Crippen LogP contribution in [0.1, 0.15) is 16.8 Å². The van der Waals surface area contributed by atoms with Gasteiger partial charge in [-0.1, -0.05) is 11.6 Å².